The van der Waals surface area contributed by atoms with E-state index in [-0.39, 0.29) is 5.41 Å². The van der Waals surface area contributed by atoms with E-state index in [1.807, 2.05) is 13.1 Å². The maximum atomic E-state index is 5.87. The molecule has 0 spiro atoms. The second-order valence-corrected chi connectivity index (χ2v) is 5.83. The van der Waals surface area contributed by atoms with Gasteiger partial charge in [0.15, 0.2) is 0 Å². The van der Waals surface area contributed by atoms with Crippen molar-refractivity contribution < 1.29 is 4.74 Å². The largest absolute Gasteiger partial charge is 0.374 e. The van der Waals surface area contributed by atoms with Gasteiger partial charge in [-0.25, -0.2) is 0 Å². The Morgan fingerprint density at radius 2 is 2.18 bits per heavy atom. The van der Waals surface area contributed by atoms with E-state index in [1.165, 1.54) is 5.69 Å². The average Bonchev–Trinajstić information content (AvgIpc) is 2.28. The van der Waals surface area contributed by atoms with Crippen LogP contribution in [-0.4, -0.2) is 30.8 Å². The first-order valence-corrected chi connectivity index (χ1v) is 6.26. The number of hydrogen-bond acceptors (Lipinski definition) is 3. The first kappa shape index (κ1) is 12.4. The van der Waals surface area contributed by atoms with E-state index in [0.29, 0.717) is 6.10 Å². The van der Waals surface area contributed by atoms with Crippen LogP contribution in [0.4, 0.5) is 5.69 Å². The van der Waals surface area contributed by atoms with Crippen molar-refractivity contribution in [3.8, 4) is 0 Å². The minimum absolute atomic E-state index is 0.195. The molecule has 0 saturated carbocycles. The van der Waals surface area contributed by atoms with Crippen molar-refractivity contribution >= 4 is 5.69 Å². The summed E-state index contributed by atoms with van der Waals surface area (Å²) >= 11 is 0. The fraction of sp³-hybridized carbons (Fsp3) is 0.643. The summed E-state index contributed by atoms with van der Waals surface area (Å²) in [6.07, 6.45) is 2.18. The Labute approximate surface area is 104 Å². The lowest BCUT2D eigenvalue weighted by Gasteiger charge is -2.40. The monoisotopic (exact) mass is 234 g/mol. The fourth-order valence-electron chi connectivity index (χ4n) is 2.13. The SMILES string of the molecule is Cc1cc(N2CCOC(C(C)(C)C)C2)ccn1. The molecule has 94 valence electrons. The topological polar surface area (TPSA) is 25.4 Å². The van der Waals surface area contributed by atoms with E-state index < -0.39 is 0 Å². The number of aryl methyl sites for hydroxylation is 1. The molecule has 2 heterocycles. The average molecular weight is 234 g/mol. The third-order valence-corrected chi connectivity index (χ3v) is 3.28. The molecule has 1 atom stereocenters. The normalized spacial score (nSPS) is 21.6. The predicted octanol–water partition coefficient (Wildman–Crippen LogP) is 2.64. The molecule has 0 aromatic carbocycles. The van der Waals surface area contributed by atoms with Gasteiger partial charge in [0, 0.05) is 30.7 Å². The third-order valence-electron chi connectivity index (χ3n) is 3.28. The summed E-state index contributed by atoms with van der Waals surface area (Å²) in [7, 11) is 0. The molecule has 1 fully saturated rings. The van der Waals surface area contributed by atoms with Gasteiger partial charge in [-0.1, -0.05) is 20.8 Å². The summed E-state index contributed by atoms with van der Waals surface area (Å²) in [6.45, 7) is 11.5. The van der Waals surface area contributed by atoms with Crippen LogP contribution in [0, 0.1) is 12.3 Å². The summed E-state index contributed by atoms with van der Waals surface area (Å²) < 4.78 is 5.87. The number of pyridine rings is 1. The number of anilines is 1. The van der Waals surface area contributed by atoms with Crippen LogP contribution in [0.2, 0.25) is 0 Å². The van der Waals surface area contributed by atoms with Gasteiger partial charge in [-0.05, 0) is 24.5 Å². The second-order valence-electron chi connectivity index (χ2n) is 5.83. The van der Waals surface area contributed by atoms with Crippen LogP contribution in [0.5, 0.6) is 0 Å². The molecular formula is C14H22N2O. The van der Waals surface area contributed by atoms with Gasteiger partial charge in [-0.2, -0.15) is 0 Å². The van der Waals surface area contributed by atoms with Crippen LogP contribution >= 0.6 is 0 Å². The number of aromatic nitrogens is 1. The molecule has 17 heavy (non-hydrogen) atoms. The number of hydrogen-bond donors (Lipinski definition) is 0. The van der Waals surface area contributed by atoms with Crippen molar-refractivity contribution in [1.29, 1.82) is 0 Å². The van der Waals surface area contributed by atoms with Crippen LogP contribution in [-0.2, 0) is 4.74 Å². The zero-order chi connectivity index (χ0) is 12.5. The van der Waals surface area contributed by atoms with Crippen LogP contribution < -0.4 is 4.90 Å². The zero-order valence-electron chi connectivity index (χ0n) is 11.2. The summed E-state index contributed by atoms with van der Waals surface area (Å²) in [4.78, 5) is 6.64. The number of nitrogens with zero attached hydrogens (tertiary/aromatic N) is 2. The maximum absolute atomic E-state index is 5.87. The van der Waals surface area contributed by atoms with Gasteiger partial charge >= 0.3 is 0 Å². The predicted molar refractivity (Wildman–Crippen MR) is 70.4 cm³/mol. The highest BCUT2D eigenvalue weighted by Crippen LogP contribution is 2.27. The van der Waals surface area contributed by atoms with E-state index in [1.54, 1.807) is 0 Å². The highest BCUT2D eigenvalue weighted by atomic mass is 16.5. The molecule has 1 aliphatic heterocycles. The Morgan fingerprint density at radius 1 is 1.41 bits per heavy atom. The van der Waals surface area contributed by atoms with E-state index in [2.05, 4.69) is 42.8 Å². The van der Waals surface area contributed by atoms with Gasteiger partial charge in [0.05, 0.1) is 12.7 Å². The van der Waals surface area contributed by atoms with E-state index in [9.17, 15) is 0 Å². The highest BCUT2D eigenvalue weighted by Gasteiger charge is 2.30. The Bertz CT molecular complexity index is 384. The molecule has 3 heteroatoms. The first-order chi connectivity index (χ1) is 7.97. The van der Waals surface area contributed by atoms with E-state index in [0.717, 1.165) is 25.4 Å². The lowest BCUT2D eigenvalue weighted by atomic mass is 9.88. The first-order valence-electron chi connectivity index (χ1n) is 6.26. The van der Waals surface area contributed by atoms with Gasteiger partial charge in [0.25, 0.3) is 0 Å². The van der Waals surface area contributed by atoms with E-state index in [4.69, 9.17) is 4.74 Å². The Kier molecular flexibility index (Phi) is 3.38. The molecule has 0 N–H and O–H groups in total. The molecule has 0 amide bonds. The quantitative estimate of drug-likeness (QED) is 0.747. The minimum Gasteiger partial charge on any atom is -0.374 e. The highest BCUT2D eigenvalue weighted by molar-refractivity contribution is 5.46. The fourth-order valence-corrected chi connectivity index (χ4v) is 2.13. The smallest absolute Gasteiger partial charge is 0.0798 e. The van der Waals surface area contributed by atoms with Crippen molar-refractivity contribution in [2.24, 2.45) is 5.41 Å². The molecule has 1 aromatic rings. The lowest BCUT2D eigenvalue weighted by Crippen LogP contribution is -2.48. The zero-order valence-corrected chi connectivity index (χ0v) is 11.2. The summed E-state index contributed by atoms with van der Waals surface area (Å²) in [6, 6.07) is 4.23. The molecule has 1 saturated heterocycles. The van der Waals surface area contributed by atoms with Crippen molar-refractivity contribution in [1.82, 2.24) is 4.98 Å². The Hall–Kier alpha value is -1.09. The van der Waals surface area contributed by atoms with Crippen LogP contribution in [0.1, 0.15) is 26.5 Å². The van der Waals surface area contributed by atoms with Crippen molar-refractivity contribution in [3.05, 3.63) is 24.0 Å². The molecule has 1 aliphatic rings. The summed E-state index contributed by atoms with van der Waals surface area (Å²) in [5.41, 5.74) is 2.53. The molecule has 0 radical (unpaired) electrons. The van der Waals surface area contributed by atoms with Crippen LogP contribution in [0.25, 0.3) is 0 Å². The number of rotatable bonds is 1. The van der Waals surface area contributed by atoms with E-state index >= 15 is 0 Å². The van der Waals surface area contributed by atoms with Crippen LogP contribution in [0.15, 0.2) is 18.3 Å². The van der Waals surface area contributed by atoms with Gasteiger partial charge in [-0.3, -0.25) is 4.98 Å². The standard InChI is InChI=1S/C14H22N2O/c1-11-9-12(5-6-15-11)16-7-8-17-13(10-16)14(2,3)4/h5-6,9,13H,7-8,10H2,1-4H3. The Balaban J connectivity index is 2.12. The van der Waals surface area contributed by atoms with Crippen molar-refractivity contribution in [3.63, 3.8) is 0 Å². The molecule has 3 nitrogen and oxygen atoms in total. The Morgan fingerprint density at radius 3 is 2.82 bits per heavy atom. The molecular weight excluding hydrogens is 212 g/mol. The lowest BCUT2D eigenvalue weighted by molar-refractivity contribution is -0.0265. The summed E-state index contributed by atoms with van der Waals surface area (Å²) in [5.74, 6) is 0. The van der Waals surface area contributed by atoms with Gasteiger partial charge in [-0.15, -0.1) is 0 Å². The molecule has 1 unspecified atom stereocenters. The molecule has 0 bridgehead atoms. The molecule has 1 aromatic heterocycles. The maximum Gasteiger partial charge on any atom is 0.0798 e. The van der Waals surface area contributed by atoms with Crippen LogP contribution in [0.3, 0.4) is 0 Å². The second kappa shape index (κ2) is 4.65. The minimum atomic E-state index is 0.195. The van der Waals surface area contributed by atoms with Gasteiger partial charge in [0.2, 0.25) is 0 Å². The van der Waals surface area contributed by atoms with Crippen molar-refractivity contribution in [2.45, 2.75) is 33.8 Å². The third kappa shape index (κ3) is 2.97. The summed E-state index contributed by atoms with van der Waals surface area (Å²) in [5, 5.41) is 0. The molecule has 2 rings (SSSR count). The van der Waals surface area contributed by atoms with Gasteiger partial charge in [0.1, 0.15) is 0 Å². The van der Waals surface area contributed by atoms with Crippen molar-refractivity contribution in [2.75, 3.05) is 24.6 Å². The van der Waals surface area contributed by atoms with Gasteiger partial charge < -0.3 is 9.64 Å². The number of ether oxygens (including phenoxy) is 1. The molecule has 0 aliphatic carbocycles. The number of morpholine rings is 1.